The summed E-state index contributed by atoms with van der Waals surface area (Å²) in [6, 6.07) is 17.3. The lowest BCUT2D eigenvalue weighted by atomic mass is 10.0. The third kappa shape index (κ3) is 3.01. The number of benzene rings is 2. The number of furan rings is 1. The standard InChI is InChI=1S/C19H21NO/c1-13-4-7-15(8-5-13)11-17(20-3)19-12-16-10-14(2)6-9-18(16)21-19/h4-10,12,17,20H,11H2,1-3H3. The van der Waals surface area contributed by atoms with Crippen LogP contribution in [0.5, 0.6) is 0 Å². The van der Waals surface area contributed by atoms with E-state index in [-0.39, 0.29) is 6.04 Å². The minimum Gasteiger partial charge on any atom is -0.459 e. The first kappa shape index (κ1) is 13.9. The highest BCUT2D eigenvalue weighted by Gasteiger charge is 2.15. The lowest BCUT2D eigenvalue weighted by Gasteiger charge is -2.13. The topological polar surface area (TPSA) is 25.2 Å². The minimum atomic E-state index is 0.195. The highest BCUT2D eigenvalue weighted by molar-refractivity contribution is 5.78. The molecule has 0 aliphatic heterocycles. The Morgan fingerprint density at radius 1 is 0.952 bits per heavy atom. The second-order valence-electron chi connectivity index (χ2n) is 5.72. The normalized spacial score (nSPS) is 12.7. The number of nitrogens with one attached hydrogen (secondary N) is 1. The second kappa shape index (κ2) is 5.74. The number of likely N-dealkylation sites (N-methyl/N-ethyl adjacent to an activating group) is 1. The van der Waals surface area contributed by atoms with Gasteiger partial charge in [-0.25, -0.2) is 0 Å². The van der Waals surface area contributed by atoms with Crippen LogP contribution in [-0.2, 0) is 6.42 Å². The van der Waals surface area contributed by atoms with Gasteiger partial charge in [0.25, 0.3) is 0 Å². The van der Waals surface area contributed by atoms with Crippen molar-refractivity contribution in [1.29, 1.82) is 0 Å². The predicted molar refractivity (Wildman–Crippen MR) is 87.6 cm³/mol. The second-order valence-corrected chi connectivity index (χ2v) is 5.72. The van der Waals surface area contributed by atoms with Crippen LogP contribution >= 0.6 is 0 Å². The van der Waals surface area contributed by atoms with Gasteiger partial charge in [0, 0.05) is 5.39 Å². The van der Waals surface area contributed by atoms with Gasteiger partial charge in [-0.05, 0) is 51.1 Å². The third-order valence-electron chi connectivity index (χ3n) is 3.94. The molecule has 21 heavy (non-hydrogen) atoms. The van der Waals surface area contributed by atoms with E-state index in [0.717, 1.165) is 17.8 Å². The molecule has 2 aromatic carbocycles. The van der Waals surface area contributed by atoms with Crippen LogP contribution in [0.2, 0.25) is 0 Å². The van der Waals surface area contributed by atoms with Crippen molar-refractivity contribution in [3.05, 3.63) is 71.0 Å². The molecule has 0 bridgehead atoms. The number of hydrogen-bond donors (Lipinski definition) is 1. The molecule has 0 fully saturated rings. The Kier molecular flexibility index (Phi) is 3.80. The zero-order valence-corrected chi connectivity index (χ0v) is 12.8. The van der Waals surface area contributed by atoms with Crippen LogP contribution < -0.4 is 5.32 Å². The van der Waals surface area contributed by atoms with E-state index < -0.39 is 0 Å². The van der Waals surface area contributed by atoms with Gasteiger partial charge < -0.3 is 9.73 Å². The highest BCUT2D eigenvalue weighted by atomic mass is 16.3. The first-order valence-corrected chi connectivity index (χ1v) is 7.38. The Balaban J connectivity index is 1.88. The van der Waals surface area contributed by atoms with Gasteiger partial charge in [0.2, 0.25) is 0 Å². The maximum absolute atomic E-state index is 6.01. The van der Waals surface area contributed by atoms with Crippen molar-refractivity contribution in [3.63, 3.8) is 0 Å². The molecule has 3 aromatic rings. The van der Waals surface area contributed by atoms with Gasteiger partial charge in [-0.3, -0.25) is 0 Å². The molecule has 0 saturated heterocycles. The third-order valence-corrected chi connectivity index (χ3v) is 3.94. The van der Waals surface area contributed by atoms with Crippen LogP contribution in [0.25, 0.3) is 11.0 Å². The molecular formula is C19H21NO. The van der Waals surface area contributed by atoms with E-state index >= 15 is 0 Å². The van der Waals surface area contributed by atoms with Crippen LogP contribution in [0.15, 0.2) is 52.9 Å². The predicted octanol–water partition coefficient (Wildman–Crippen LogP) is 4.55. The fourth-order valence-electron chi connectivity index (χ4n) is 2.66. The quantitative estimate of drug-likeness (QED) is 0.757. The van der Waals surface area contributed by atoms with Crippen LogP contribution in [0, 0.1) is 13.8 Å². The molecule has 1 heterocycles. The lowest BCUT2D eigenvalue weighted by Crippen LogP contribution is -2.18. The van der Waals surface area contributed by atoms with E-state index in [1.165, 1.54) is 22.1 Å². The van der Waals surface area contributed by atoms with E-state index in [1.54, 1.807) is 0 Å². The van der Waals surface area contributed by atoms with E-state index in [2.05, 4.69) is 61.6 Å². The maximum Gasteiger partial charge on any atom is 0.134 e. The summed E-state index contributed by atoms with van der Waals surface area (Å²) < 4.78 is 6.01. The van der Waals surface area contributed by atoms with Gasteiger partial charge in [0.05, 0.1) is 6.04 Å². The fraction of sp³-hybridized carbons (Fsp3) is 0.263. The van der Waals surface area contributed by atoms with Gasteiger partial charge in [0.15, 0.2) is 0 Å². The van der Waals surface area contributed by atoms with Crippen molar-refractivity contribution in [2.24, 2.45) is 0 Å². The van der Waals surface area contributed by atoms with Crippen molar-refractivity contribution < 1.29 is 4.42 Å². The molecule has 1 aromatic heterocycles. The van der Waals surface area contributed by atoms with Crippen molar-refractivity contribution in [2.45, 2.75) is 26.3 Å². The van der Waals surface area contributed by atoms with Crippen LogP contribution in [0.4, 0.5) is 0 Å². The maximum atomic E-state index is 6.01. The van der Waals surface area contributed by atoms with Crippen molar-refractivity contribution in [2.75, 3.05) is 7.05 Å². The molecular weight excluding hydrogens is 258 g/mol. The molecule has 1 N–H and O–H groups in total. The van der Waals surface area contributed by atoms with E-state index in [0.29, 0.717) is 0 Å². The molecule has 1 atom stereocenters. The summed E-state index contributed by atoms with van der Waals surface area (Å²) in [6.07, 6.45) is 0.926. The molecule has 0 amide bonds. The van der Waals surface area contributed by atoms with Gasteiger partial charge >= 0.3 is 0 Å². The van der Waals surface area contributed by atoms with Crippen molar-refractivity contribution in [1.82, 2.24) is 5.32 Å². The first-order chi connectivity index (χ1) is 10.2. The van der Waals surface area contributed by atoms with Crippen molar-refractivity contribution in [3.8, 4) is 0 Å². The van der Waals surface area contributed by atoms with Gasteiger partial charge in [-0.15, -0.1) is 0 Å². The SMILES string of the molecule is CNC(Cc1ccc(C)cc1)c1cc2cc(C)ccc2o1. The minimum absolute atomic E-state index is 0.195. The highest BCUT2D eigenvalue weighted by Crippen LogP contribution is 2.26. The lowest BCUT2D eigenvalue weighted by molar-refractivity contribution is 0.451. The van der Waals surface area contributed by atoms with Crippen LogP contribution in [-0.4, -0.2) is 7.05 Å². The molecule has 2 heteroatoms. The molecule has 0 aliphatic rings. The van der Waals surface area contributed by atoms with Gasteiger partial charge in [-0.1, -0.05) is 41.5 Å². The summed E-state index contributed by atoms with van der Waals surface area (Å²) in [7, 11) is 1.98. The Hall–Kier alpha value is -2.06. The molecule has 3 rings (SSSR count). The van der Waals surface area contributed by atoms with E-state index in [9.17, 15) is 0 Å². The Bertz CT molecular complexity index is 740. The largest absolute Gasteiger partial charge is 0.459 e. The van der Waals surface area contributed by atoms with Gasteiger partial charge in [-0.2, -0.15) is 0 Å². The molecule has 0 saturated carbocycles. The Morgan fingerprint density at radius 3 is 2.38 bits per heavy atom. The number of aryl methyl sites for hydroxylation is 2. The van der Waals surface area contributed by atoms with Crippen molar-refractivity contribution >= 4 is 11.0 Å². The monoisotopic (exact) mass is 279 g/mol. The molecule has 0 aliphatic carbocycles. The Morgan fingerprint density at radius 2 is 1.67 bits per heavy atom. The molecule has 0 spiro atoms. The van der Waals surface area contributed by atoms with E-state index in [4.69, 9.17) is 4.42 Å². The average molecular weight is 279 g/mol. The van der Waals surface area contributed by atoms with E-state index in [1.807, 2.05) is 13.1 Å². The van der Waals surface area contributed by atoms with Crippen LogP contribution in [0.3, 0.4) is 0 Å². The number of rotatable bonds is 4. The first-order valence-electron chi connectivity index (χ1n) is 7.38. The zero-order valence-electron chi connectivity index (χ0n) is 12.8. The summed E-state index contributed by atoms with van der Waals surface area (Å²) in [5.41, 5.74) is 4.82. The smallest absolute Gasteiger partial charge is 0.134 e. The fourth-order valence-corrected chi connectivity index (χ4v) is 2.66. The summed E-state index contributed by atoms with van der Waals surface area (Å²) in [5, 5.41) is 4.54. The number of hydrogen-bond acceptors (Lipinski definition) is 2. The van der Waals surface area contributed by atoms with Gasteiger partial charge in [0.1, 0.15) is 11.3 Å². The summed E-state index contributed by atoms with van der Waals surface area (Å²) >= 11 is 0. The molecule has 1 unspecified atom stereocenters. The Labute approximate surface area is 125 Å². The summed E-state index contributed by atoms with van der Waals surface area (Å²) in [5.74, 6) is 0.999. The van der Waals surface area contributed by atoms with Crippen LogP contribution in [0.1, 0.15) is 28.5 Å². The number of fused-ring (bicyclic) bond motifs is 1. The molecule has 0 radical (unpaired) electrons. The zero-order chi connectivity index (χ0) is 14.8. The molecule has 108 valence electrons. The average Bonchev–Trinajstić information content (AvgIpc) is 2.89. The molecule has 2 nitrogen and oxygen atoms in total. The summed E-state index contributed by atoms with van der Waals surface area (Å²) in [4.78, 5) is 0. The summed E-state index contributed by atoms with van der Waals surface area (Å²) in [6.45, 7) is 4.22.